The first kappa shape index (κ1) is 16.3. The molecular formula is C18H32N2O2. The van der Waals surface area contributed by atoms with Gasteiger partial charge in [0.2, 0.25) is 5.91 Å². The van der Waals surface area contributed by atoms with Crippen LogP contribution in [0.5, 0.6) is 0 Å². The molecule has 0 aromatic carbocycles. The Morgan fingerprint density at radius 2 is 1.91 bits per heavy atom. The van der Waals surface area contributed by atoms with Crippen molar-refractivity contribution in [1.29, 1.82) is 0 Å². The molecule has 1 atom stereocenters. The van der Waals surface area contributed by atoms with Gasteiger partial charge in [-0.3, -0.25) is 9.69 Å². The summed E-state index contributed by atoms with van der Waals surface area (Å²) in [6.45, 7) is 8.94. The van der Waals surface area contributed by atoms with E-state index in [2.05, 4.69) is 23.6 Å². The average molecular weight is 308 g/mol. The summed E-state index contributed by atoms with van der Waals surface area (Å²) in [6, 6.07) is 0.533. The molecule has 1 aliphatic carbocycles. The van der Waals surface area contributed by atoms with Crippen molar-refractivity contribution in [2.75, 3.05) is 32.8 Å². The van der Waals surface area contributed by atoms with E-state index in [1.165, 1.54) is 32.1 Å². The van der Waals surface area contributed by atoms with Gasteiger partial charge in [-0.1, -0.05) is 19.3 Å². The minimum atomic E-state index is 0.0108. The predicted molar refractivity (Wildman–Crippen MR) is 87.8 cm³/mol. The summed E-state index contributed by atoms with van der Waals surface area (Å²) in [4.78, 5) is 17.1. The van der Waals surface area contributed by atoms with Crippen LogP contribution in [0.15, 0.2) is 0 Å². The second-order valence-corrected chi connectivity index (χ2v) is 8.08. The van der Waals surface area contributed by atoms with Crippen molar-refractivity contribution in [2.24, 2.45) is 5.92 Å². The van der Waals surface area contributed by atoms with Crippen LogP contribution in [0.2, 0.25) is 0 Å². The van der Waals surface area contributed by atoms with Gasteiger partial charge in [0.1, 0.15) is 0 Å². The van der Waals surface area contributed by atoms with Gasteiger partial charge < -0.3 is 9.64 Å². The maximum Gasteiger partial charge on any atom is 0.237 e. The van der Waals surface area contributed by atoms with Gasteiger partial charge >= 0.3 is 0 Å². The van der Waals surface area contributed by atoms with E-state index in [1.807, 2.05) is 0 Å². The lowest BCUT2D eigenvalue weighted by Gasteiger charge is -2.43. The molecule has 0 aromatic heterocycles. The Kier molecular flexibility index (Phi) is 5.08. The molecule has 2 heterocycles. The highest BCUT2D eigenvalue weighted by molar-refractivity contribution is 5.79. The number of nitrogens with zero attached hydrogens (tertiary/aromatic N) is 2. The van der Waals surface area contributed by atoms with Crippen molar-refractivity contribution >= 4 is 5.91 Å². The van der Waals surface area contributed by atoms with Crippen LogP contribution >= 0.6 is 0 Å². The van der Waals surface area contributed by atoms with Gasteiger partial charge in [-0.2, -0.15) is 0 Å². The van der Waals surface area contributed by atoms with Crippen LogP contribution < -0.4 is 0 Å². The monoisotopic (exact) mass is 308 g/mol. The summed E-state index contributed by atoms with van der Waals surface area (Å²) >= 11 is 0. The lowest BCUT2D eigenvalue weighted by Crippen LogP contribution is -2.55. The molecule has 4 heteroatoms. The Hall–Kier alpha value is -0.610. The van der Waals surface area contributed by atoms with Crippen molar-refractivity contribution in [3.8, 4) is 0 Å². The summed E-state index contributed by atoms with van der Waals surface area (Å²) in [7, 11) is 0. The molecule has 1 unspecified atom stereocenters. The standard InChI is InChI=1S/C18H32N2O2/c1-18(2)12-15(8-11-22-18)13-19-9-10-20(17(21)14-19)16-6-4-3-5-7-16/h15-16H,3-14H2,1-2H3. The van der Waals surface area contributed by atoms with Gasteiger partial charge in [-0.25, -0.2) is 0 Å². The highest BCUT2D eigenvalue weighted by atomic mass is 16.5. The number of carbonyl (C=O) groups is 1. The number of carbonyl (C=O) groups excluding carboxylic acids is 1. The molecule has 1 saturated carbocycles. The molecule has 1 amide bonds. The Balaban J connectivity index is 1.48. The first-order valence-electron chi connectivity index (χ1n) is 9.19. The minimum Gasteiger partial charge on any atom is -0.376 e. The lowest BCUT2D eigenvalue weighted by atomic mass is 9.88. The fourth-order valence-electron chi connectivity index (χ4n) is 4.55. The largest absolute Gasteiger partial charge is 0.376 e. The first-order chi connectivity index (χ1) is 10.5. The van der Waals surface area contributed by atoms with Crippen molar-refractivity contribution in [3.05, 3.63) is 0 Å². The van der Waals surface area contributed by atoms with Crippen LogP contribution in [0.1, 0.15) is 58.8 Å². The molecule has 0 bridgehead atoms. The lowest BCUT2D eigenvalue weighted by molar-refractivity contribution is -0.140. The van der Waals surface area contributed by atoms with E-state index in [0.29, 0.717) is 24.4 Å². The molecule has 22 heavy (non-hydrogen) atoms. The van der Waals surface area contributed by atoms with Crippen molar-refractivity contribution < 1.29 is 9.53 Å². The maximum absolute atomic E-state index is 12.5. The number of amides is 1. The number of hydrogen-bond acceptors (Lipinski definition) is 3. The fraction of sp³-hybridized carbons (Fsp3) is 0.944. The molecule has 0 radical (unpaired) electrons. The molecule has 0 N–H and O–H groups in total. The molecule has 2 aliphatic heterocycles. The fourth-order valence-corrected chi connectivity index (χ4v) is 4.55. The van der Waals surface area contributed by atoms with Crippen molar-refractivity contribution in [1.82, 2.24) is 9.80 Å². The first-order valence-corrected chi connectivity index (χ1v) is 9.19. The Morgan fingerprint density at radius 1 is 1.14 bits per heavy atom. The zero-order valence-corrected chi connectivity index (χ0v) is 14.4. The van der Waals surface area contributed by atoms with Crippen LogP contribution in [-0.4, -0.2) is 60.1 Å². The highest BCUT2D eigenvalue weighted by Crippen LogP contribution is 2.30. The van der Waals surface area contributed by atoms with Gasteiger partial charge in [-0.05, 0) is 45.4 Å². The van der Waals surface area contributed by atoms with E-state index in [-0.39, 0.29) is 5.60 Å². The molecule has 126 valence electrons. The smallest absolute Gasteiger partial charge is 0.237 e. The third kappa shape index (κ3) is 4.02. The van der Waals surface area contributed by atoms with Crippen LogP contribution in [0, 0.1) is 5.92 Å². The van der Waals surface area contributed by atoms with Gasteiger partial charge in [-0.15, -0.1) is 0 Å². The summed E-state index contributed by atoms with van der Waals surface area (Å²) in [5, 5.41) is 0. The quantitative estimate of drug-likeness (QED) is 0.803. The van der Waals surface area contributed by atoms with Crippen molar-refractivity contribution in [2.45, 2.75) is 70.4 Å². The van der Waals surface area contributed by atoms with E-state index >= 15 is 0 Å². The molecule has 2 saturated heterocycles. The highest BCUT2D eigenvalue weighted by Gasteiger charge is 2.34. The van der Waals surface area contributed by atoms with Gasteiger partial charge in [0, 0.05) is 32.3 Å². The molecular weight excluding hydrogens is 276 g/mol. The molecule has 0 spiro atoms. The van der Waals surface area contributed by atoms with E-state index in [4.69, 9.17) is 4.74 Å². The molecule has 0 aromatic rings. The molecule has 3 fully saturated rings. The number of rotatable bonds is 3. The summed E-state index contributed by atoms with van der Waals surface area (Å²) in [5.41, 5.74) is 0.0108. The molecule has 3 rings (SSSR count). The number of piperazine rings is 1. The predicted octanol–water partition coefficient (Wildman–Crippen LogP) is 2.67. The second kappa shape index (κ2) is 6.88. The second-order valence-electron chi connectivity index (χ2n) is 8.08. The van der Waals surface area contributed by atoms with Gasteiger partial charge in [0.05, 0.1) is 12.1 Å². The van der Waals surface area contributed by atoms with Crippen LogP contribution in [0.4, 0.5) is 0 Å². The third-order valence-corrected chi connectivity index (χ3v) is 5.67. The summed E-state index contributed by atoms with van der Waals surface area (Å²) < 4.78 is 5.81. The third-order valence-electron chi connectivity index (χ3n) is 5.67. The summed E-state index contributed by atoms with van der Waals surface area (Å²) in [6.07, 6.45) is 8.65. The average Bonchev–Trinajstić information content (AvgIpc) is 2.47. The Morgan fingerprint density at radius 3 is 2.59 bits per heavy atom. The molecule has 3 aliphatic rings. The normalized spacial score (nSPS) is 31.5. The zero-order valence-electron chi connectivity index (χ0n) is 14.4. The Bertz CT molecular complexity index is 391. The van der Waals surface area contributed by atoms with E-state index < -0.39 is 0 Å². The van der Waals surface area contributed by atoms with Crippen LogP contribution in [0.3, 0.4) is 0 Å². The zero-order chi connectivity index (χ0) is 15.6. The van der Waals surface area contributed by atoms with E-state index in [0.717, 1.165) is 39.1 Å². The van der Waals surface area contributed by atoms with E-state index in [9.17, 15) is 4.79 Å². The number of ether oxygens (including phenoxy) is 1. The molecule has 4 nitrogen and oxygen atoms in total. The van der Waals surface area contributed by atoms with Gasteiger partial charge in [0.25, 0.3) is 0 Å². The Labute approximate surface area is 135 Å². The van der Waals surface area contributed by atoms with Crippen LogP contribution in [0.25, 0.3) is 0 Å². The van der Waals surface area contributed by atoms with Gasteiger partial charge in [0.15, 0.2) is 0 Å². The SMILES string of the molecule is CC1(C)CC(CN2CCN(C3CCCCC3)C(=O)C2)CCO1. The summed E-state index contributed by atoms with van der Waals surface area (Å²) in [5.74, 6) is 1.04. The van der Waals surface area contributed by atoms with Crippen LogP contribution in [-0.2, 0) is 9.53 Å². The number of hydrogen-bond donors (Lipinski definition) is 0. The van der Waals surface area contributed by atoms with E-state index in [1.54, 1.807) is 0 Å². The van der Waals surface area contributed by atoms with Crippen molar-refractivity contribution in [3.63, 3.8) is 0 Å². The minimum absolute atomic E-state index is 0.0108. The topological polar surface area (TPSA) is 32.8 Å². The maximum atomic E-state index is 12.5.